The van der Waals surface area contributed by atoms with Gasteiger partial charge < -0.3 is 5.32 Å². The van der Waals surface area contributed by atoms with Crippen molar-refractivity contribution in [2.24, 2.45) is 0 Å². The fourth-order valence-electron chi connectivity index (χ4n) is 1.49. The lowest BCUT2D eigenvalue weighted by Gasteiger charge is -2.14. The van der Waals surface area contributed by atoms with Gasteiger partial charge in [0.2, 0.25) is 5.91 Å². The van der Waals surface area contributed by atoms with Crippen LogP contribution >= 0.6 is 28.6 Å². The van der Waals surface area contributed by atoms with Gasteiger partial charge in [-0.1, -0.05) is 0 Å². The highest BCUT2D eigenvalue weighted by Crippen LogP contribution is 2.36. The lowest BCUT2D eigenvalue weighted by molar-refractivity contribution is -0.142. The molecule has 9 heteroatoms. The molecule has 1 heterocycles. The van der Waals surface area contributed by atoms with Crippen molar-refractivity contribution in [3.8, 4) is 0 Å². The Morgan fingerprint density at radius 1 is 1.58 bits per heavy atom. The molecule has 0 saturated heterocycles. The second-order valence-corrected chi connectivity index (χ2v) is 5.12. The number of thiol groups is 1. The summed E-state index contributed by atoms with van der Waals surface area (Å²) in [5, 5.41) is 6.03. The predicted molar refractivity (Wildman–Crippen MR) is 71.2 cm³/mol. The number of carbonyl (C=O) groups is 1. The minimum absolute atomic E-state index is 0.145. The average Bonchev–Trinajstić information content (AvgIpc) is 2.62. The molecule has 1 unspecified atom stereocenters. The largest absolute Gasteiger partial charge is 0.436 e. The molecule has 1 amide bonds. The standard InChI is InChI=1S/C10H13BrF3N3OS/c1-5-7(11)8(10(12,13)14)16-17(5)6(2)9(18)15-3-4-19/h6,19H,3-4H2,1-2H3,(H,15,18). The third-order valence-electron chi connectivity index (χ3n) is 2.50. The lowest BCUT2D eigenvalue weighted by Crippen LogP contribution is -2.33. The number of nitrogens with one attached hydrogen (secondary N) is 1. The van der Waals surface area contributed by atoms with Gasteiger partial charge in [0, 0.05) is 12.3 Å². The van der Waals surface area contributed by atoms with E-state index in [9.17, 15) is 18.0 Å². The summed E-state index contributed by atoms with van der Waals surface area (Å²) in [5.74, 6) is 0.0505. The lowest BCUT2D eigenvalue weighted by atomic mass is 10.3. The van der Waals surface area contributed by atoms with Gasteiger partial charge in [-0.2, -0.15) is 30.9 Å². The Balaban J connectivity index is 3.05. The highest BCUT2D eigenvalue weighted by atomic mass is 79.9. The van der Waals surface area contributed by atoms with E-state index in [1.54, 1.807) is 0 Å². The summed E-state index contributed by atoms with van der Waals surface area (Å²) in [6, 6.07) is -0.827. The first-order chi connectivity index (χ1) is 8.70. The Bertz CT molecular complexity index is 475. The van der Waals surface area contributed by atoms with Crippen LogP contribution in [0.5, 0.6) is 0 Å². The second-order valence-electron chi connectivity index (χ2n) is 3.88. The van der Waals surface area contributed by atoms with Gasteiger partial charge in [0.1, 0.15) is 6.04 Å². The van der Waals surface area contributed by atoms with Crippen molar-refractivity contribution < 1.29 is 18.0 Å². The molecule has 108 valence electrons. The van der Waals surface area contributed by atoms with Crippen LogP contribution < -0.4 is 5.32 Å². The summed E-state index contributed by atoms with van der Waals surface area (Å²) in [6.45, 7) is 3.30. The molecule has 1 aromatic rings. The Kier molecular flexibility index (Phi) is 5.31. The highest BCUT2D eigenvalue weighted by molar-refractivity contribution is 9.10. The van der Waals surface area contributed by atoms with Crippen LogP contribution in [0.3, 0.4) is 0 Å². The molecule has 0 aliphatic carbocycles. The van der Waals surface area contributed by atoms with E-state index in [1.165, 1.54) is 13.8 Å². The molecule has 1 rings (SSSR count). The summed E-state index contributed by atoms with van der Waals surface area (Å²) in [4.78, 5) is 11.7. The van der Waals surface area contributed by atoms with Crippen LogP contribution in [0.25, 0.3) is 0 Å². The Hall–Kier alpha value is -0.700. The number of hydrogen-bond acceptors (Lipinski definition) is 3. The Labute approximate surface area is 122 Å². The summed E-state index contributed by atoms with van der Waals surface area (Å²) in [7, 11) is 0. The van der Waals surface area contributed by atoms with Crippen LogP contribution in [0.2, 0.25) is 0 Å². The summed E-state index contributed by atoms with van der Waals surface area (Å²) < 4.78 is 39.0. The van der Waals surface area contributed by atoms with Crippen LogP contribution in [0.15, 0.2) is 4.47 Å². The third-order valence-corrected chi connectivity index (χ3v) is 3.68. The number of hydrogen-bond donors (Lipinski definition) is 2. The summed E-state index contributed by atoms with van der Waals surface area (Å²) >= 11 is 6.80. The average molecular weight is 360 g/mol. The minimum atomic E-state index is -4.56. The van der Waals surface area contributed by atoms with E-state index in [2.05, 4.69) is 39.0 Å². The fourth-order valence-corrected chi connectivity index (χ4v) is 2.09. The number of amides is 1. The van der Waals surface area contributed by atoms with E-state index in [-0.39, 0.29) is 10.2 Å². The van der Waals surface area contributed by atoms with Crippen LogP contribution in [-0.4, -0.2) is 28.0 Å². The van der Waals surface area contributed by atoms with Crippen LogP contribution in [0, 0.1) is 6.92 Å². The molecule has 0 fully saturated rings. The van der Waals surface area contributed by atoms with Crippen LogP contribution in [0.4, 0.5) is 13.2 Å². The zero-order valence-corrected chi connectivity index (χ0v) is 12.7. The molecule has 0 aliphatic rings. The van der Waals surface area contributed by atoms with Gasteiger partial charge in [-0.3, -0.25) is 9.48 Å². The van der Waals surface area contributed by atoms with Gasteiger partial charge in [0.15, 0.2) is 5.69 Å². The maximum absolute atomic E-state index is 12.7. The monoisotopic (exact) mass is 359 g/mol. The van der Waals surface area contributed by atoms with E-state index in [0.717, 1.165) is 4.68 Å². The molecule has 0 radical (unpaired) electrons. The molecular formula is C10H13BrF3N3OS. The molecule has 0 spiro atoms. The summed E-state index contributed by atoms with van der Waals surface area (Å²) in [5.41, 5.74) is -0.778. The van der Waals surface area contributed by atoms with Crippen molar-refractivity contribution >= 4 is 34.5 Å². The SMILES string of the molecule is Cc1c(Br)c(C(F)(F)F)nn1C(C)C(=O)NCCS. The van der Waals surface area contributed by atoms with E-state index in [1.807, 2.05) is 0 Å². The second kappa shape index (κ2) is 6.17. The quantitative estimate of drug-likeness (QED) is 0.811. The van der Waals surface area contributed by atoms with Crippen LogP contribution in [0.1, 0.15) is 24.4 Å². The molecule has 0 aromatic carbocycles. The van der Waals surface area contributed by atoms with Crippen molar-refractivity contribution in [3.63, 3.8) is 0 Å². The molecular weight excluding hydrogens is 347 g/mol. The van der Waals surface area contributed by atoms with Gasteiger partial charge in [-0.05, 0) is 29.8 Å². The highest BCUT2D eigenvalue weighted by Gasteiger charge is 2.38. The fraction of sp³-hybridized carbons (Fsp3) is 0.600. The molecule has 0 saturated carbocycles. The normalized spacial score (nSPS) is 13.4. The van der Waals surface area contributed by atoms with Crippen LogP contribution in [-0.2, 0) is 11.0 Å². The van der Waals surface area contributed by atoms with Gasteiger partial charge in [-0.15, -0.1) is 0 Å². The van der Waals surface area contributed by atoms with E-state index in [0.29, 0.717) is 12.3 Å². The maximum atomic E-state index is 12.7. The molecule has 4 nitrogen and oxygen atoms in total. The van der Waals surface area contributed by atoms with Gasteiger partial charge in [0.25, 0.3) is 0 Å². The van der Waals surface area contributed by atoms with Crippen molar-refractivity contribution in [2.75, 3.05) is 12.3 Å². The zero-order chi connectivity index (χ0) is 14.8. The van der Waals surface area contributed by atoms with E-state index < -0.39 is 23.8 Å². The van der Waals surface area contributed by atoms with Crippen molar-refractivity contribution in [1.82, 2.24) is 15.1 Å². The van der Waals surface area contributed by atoms with Gasteiger partial charge in [-0.25, -0.2) is 0 Å². The molecule has 19 heavy (non-hydrogen) atoms. The summed E-state index contributed by atoms with van der Waals surface area (Å²) in [6.07, 6.45) is -4.56. The smallest absolute Gasteiger partial charge is 0.353 e. The third kappa shape index (κ3) is 3.65. The molecule has 0 bridgehead atoms. The Morgan fingerprint density at radius 2 is 2.16 bits per heavy atom. The van der Waals surface area contributed by atoms with Gasteiger partial charge >= 0.3 is 6.18 Å². The molecule has 0 aliphatic heterocycles. The first kappa shape index (κ1) is 16.4. The topological polar surface area (TPSA) is 46.9 Å². The number of carbonyl (C=O) groups excluding carboxylic acids is 1. The van der Waals surface area contributed by atoms with Gasteiger partial charge in [0.05, 0.1) is 10.2 Å². The van der Waals surface area contributed by atoms with Crippen molar-refractivity contribution in [3.05, 3.63) is 15.9 Å². The molecule has 1 N–H and O–H groups in total. The first-order valence-electron chi connectivity index (χ1n) is 5.40. The molecule has 1 aromatic heterocycles. The number of rotatable bonds is 4. The maximum Gasteiger partial charge on any atom is 0.436 e. The van der Waals surface area contributed by atoms with E-state index in [4.69, 9.17) is 0 Å². The first-order valence-corrected chi connectivity index (χ1v) is 6.83. The van der Waals surface area contributed by atoms with Crippen molar-refractivity contribution in [2.45, 2.75) is 26.1 Å². The van der Waals surface area contributed by atoms with E-state index >= 15 is 0 Å². The minimum Gasteiger partial charge on any atom is -0.353 e. The number of aromatic nitrogens is 2. The zero-order valence-electron chi connectivity index (χ0n) is 10.3. The number of nitrogens with zero attached hydrogens (tertiary/aromatic N) is 2. The molecule has 1 atom stereocenters. The number of halogens is 4. The number of alkyl halides is 3. The predicted octanol–water partition coefficient (Wildman–Crippen LogP) is 2.58. The van der Waals surface area contributed by atoms with Crippen molar-refractivity contribution in [1.29, 1.82) is 0 Å². The Morgan fingerprint density at radius 3 is 2.58 bits per heavy atom.